The molecular formula is C25H18F3NO2S. The van der Waals surface area contributed by atoms with E-state index in [1.807, 2.05) is 12.1 Å². The van der Waals surface area contributed by atoms with Crippen molar-refractivity contribution in [3.05, 3.63) is 83.9 Å². The smallest absolute Gasteiger partial charge is 0.416 e. The van der Waals surface area contributed by atoms with E-state index >= 15 is 0 Å². The van der Waals surface area contributed by atoms with Gasteiger partial charge in [0.15, 0.2) is 6.29 Å². The van der Waals surface area contributed by atoms with Crippen LogP contribution >= 0.6 is 11.3 Å². The highest BCUT2D eigenvalue weighted by Gasteiger charge is 2.31. The van der Waals surface area contributed by atoms with E-state index in [0.29, 0.717) is 43.4 Å². The van der Waals surface area contributed by atoms with Gasteiger partial charge in [0.05, 0.1) is 17.7 Å². The van der Waals surface area contributed by atoms with Crippen LogP contribution in [0.2, 0.25) is 0 Å². The Morgan fingerprint density at radius 1 is 0.906 bits per heavy atom. The van der Waals surface area contributed by atoms with Crippen LogP contribution in [0, 0.1) is 0 Å². The Bertz CT molecular complexity index is 1280. The predicted octanol–water partition coefficient (Wildman–Crippen LogP) is 7.17. The van der Waals surface area contributed by atoms with E-state index in [-0.39, 0.29) is 0 Å². The van der Waals surface area contributed by atoms with Crippen LogP contribution in [0.3, 0.4) is 0 Å². The highest BCUT2D eigenvalue weighted by molar-refractivity contribution is 7.20. The molecule has 0 aliphatic heterocycles. The summed E-state index contributed by atoms with van der Waals surface area (Å²) in [5, 5.41) is 0.414. The van der Waals surface area contributed by atoms with Crippen molar-refractivity contribution >= 4 is 22.6 Å². The number of rotatable bonds is 5. The van der Waals surface area contributed by atoms with Crippen molar-refractivity contribution in [1.29, 1.82) is 0 Å². The summed E-state index contributed by atoms with van der Waals surface area (Å²) in [6.45, 7) is 0. The third kappa shape index (κ3) is 3.99. The highest BCUT2D eigenvalue weighted by Crippen LogP contribution is 2.50. The first kappa shape index (κ1) is 21.6. The summed E-state index contributed by atoms with van der Waals surface area (Å²) < 4.78 is 45.6. The van der Waals surface area contributed by atoms with Gasteiger partial charge < -0.3 is 10.5 Å². The van der Waals surface area contributed by atoms with E-state index in [2.05, 4.69) is 0 Å². The summed E-state index contributed by atoms with van der Waals surface area (Å²) in [5.41, 5.74) is 8.88. The van der Waals surface area contributed by atoms with Gasteiger partial charge in [-0.25, -0.2) is 0 Å². The van der Waals surface area contributed by atoms with Gasteiger partial charge in [-0.3, -0.25) is 4.79 Å². The number of nitrogen functional groups attached to an aromatic ring is 1. The molecule has 1 aromatic heterocycles. The van der Waals surface area contributed by atoms with Crippen molar-refractivity contribution in [3.8, 4) is 38.4 Å². The molecule has 0 spiro atoms. The number of alkyl halides is 3. The Labute approximate surface area is 186 Å². The lowest BCUT2D eigenvalue weighted by atomic mass is 9.91. The van der Waals surface area contributed by atoms with E-state index in [1.165, 1.54) is 17.4 Å². The first-order chi connectivity index (χ1) is 15.3. The quantitative estimate of drug-likeness (QED) is 0.326. The molecule has 0 amide bonds. The number of anilines is 1. The second kappa shape index (κ2) is 8.51. The number of thiophene rings is 1. The molecule has 32 heavy (non-hydrogen) atoms. The van der Waals surface area contributed by atoms with Crippen molar-refractivity contribution < 1.29 is 22.7 Å². The van der Waals surface area contributed by atoms with Crippen LogP contribution in [0.5, 0.6) is 5.75 Å². The van der Waals surface area contributed by atoms with Gasteiger partial charge in [0.1, 0.15) is 5.75 Å². The van der Waals surface area contributed by atoms with Crippen molar-refractivity contribution in [2.24, 2.45) is 0 Å². The number of hydrogen-bond acceptors (Lipinski definition) is 4. The Balaban J connectivity index is 2.04. The van der Waals surface area contributed by atoms with E-state index in [1.54, 1.807) is 49.6 Å². The average molecular weight is 453 g/mol. The Hall–Kier alpha value is -3.58. The fourth-order valence-electron chi connectivity index (χ4n) is 3.62. The zero-order valence-corrected chi connectivity index (χ0v) is 17.8. The van der Waals surface area contributed by atoms with Gasteiger partial charge in [0, 0.05) is 21.6 Å². The van der Waals surface area contributed by atoms with Crippen LogP contribution in [0.15, 0.2) is 72.8 Å². The molecule has 4 aromatic rings. The summed E-state index contributed by atoms with van der Waals surface area (Å²) in [6, 6.07) is 19.3. The normalized spacial score (nSPS) is 11.4. The molecule has 0 saturated carbocycles. The topological polar surface area (TPSA) is 52.3 Å². The first-order valence-corrected chi connectivity index (χ1v) is 10.4. The van der Waals surface area contributed by atoms with Gasteiger partial charge in [-0.15, -0.1) is 11.3 Å². The minimum Gasteiger partial charge on any atom is -0.497 e. The number of hydrogen-bond donors (Lipinski definition) is 1. The van der Waals surface area contributed by atoms with Crippen molar-refractivity contribution in [3.63, 3.8) is 0 Å². The number of halogens is 3. The average Bonchev–Trinajstić information content (AvgIpc) is 3.15. The molecule has 0 aliphatic rings. The van der Waals surface area contributed by atoms with Crippen molar-refractivity contribution in [2.45, 2.75) is 6.18 Å². The first-order valence-electron chi connectivity index (χ1n) is 9.62. The molecule has 7 heteroatoms. The number of methoxy groups -OCH3 is 1. The molecule has 0 radical (unpaired) electrons. The minimum atomic E-state index is -4.49. The third-order valence-electron chi connectivity index (χ3n) is 5.12. The van der Waals surface area contributed by atoms with Gasteiger partial charge in [0.25, 0.3) is 0 Å². The fourth-order valence-corrected chi connectivity index (χ4v) is 4.73. The Morgan fingerprint density at radius 2 is 1.62 bits per heavy atom. The molecular weight excluding hydrogens is 435 g/mol. The lowest BCUT2D eigenvalue weighted by Crippen LogP contribution is -2.04. The maximum atomic E-state index is 13.5. The second-order valence-corrected chi connectivity index (χ2v) is 8.11. The molecule has 0 bridgehead atoms. The molecule has 0 unspecified atom stereocenters. The number of nitrogens with two attached hydrogens (primary N) is 1. The minimum absolute atomic E-state index is 0.370. The zero-order chi connectivity index (χ0) is 22.9. The molecule has 0 saturated heterocycles. The number of benzene rings is 3. The predicted molar refractivity (Wildman–Crippen MR) is 122 cm³/mol. The van der Waals surface area contributed by atoms with E-state index in [4.69, 9.17) is 10.5 Å². The van der Waals surface area contributed by atoms with Crippen LogP contribution in [0.4, 0.5) is 18.2 Å². The second-order valence-electron chi connectivity index (χ2n) is 7.06. The van der Waals surface area contributed by atoms with Gasteiger partial charge in [0.2, 0.25) is 0 Å². The standard InChI is InChI=1S/C25H18F3NO2S/c1-31-19-11-9-15(10-12-19)23-21(16-6-4-7-18(13-16)25(26,27)28)22(24(29)32-23)20-8-3-2-5-17(20)14-30/h2-14H,29H2,1H3. The summed E-state index contributed by atoms with van der Waals surface area (Å²) in [7, 11) is 1.56. The van der Waals surface area contributed by atoms with Gasteiger partial charge in [-0.05, 0) is 53.1 Å². The number of carbonyl (C=O) groups excluding carboxylic acids is 1. The SMILES string of the molecule is COc1ccc(-c2sc(N)c(-c3ccccc3C=O)c2-c2cccc(C(F)(F)F)c2)cc1. The van der Waals surface area contributed by atoms with Crippen LogP contribution in [0.25, 0.3) is 32.7 Å². The zero-order valence-electron chi connectivity index (χ0n) is 16.9. The van der Waals surface area contributed by atoms with E-state index < -0.39 is 11.7 Å². The summed E-state index contributed by atoms with van der Waals surface area (Å²) in [4.78, 5) is 12.4. The van der Waals surface area contributed by atoms with Crippen LogP contribution in [0.1, 0.15) is 15.9 Å². The molecule has 4 rings (SSSR count). The van der Waals surface area contributed by atoms with Crippen LogP contribution in [-0.2, 0) is 6.18 Å². The molecule has 3 aromatic carbocycles. The maximum Gasteiger partial charge on any atom is 0.416 e. The maximum absolute atomic E-state index is 13.5. The molecule has 0 aliphatic carbocycles. The third-order valence-corrected chi connectivity index (χ3v) is 6.19. The van der Waals surface area contributed by atoms with Crippen LogP contribution < -0.4 is 10.5 Å². The van der Waals surface area contributed by atoms with Crippen LogP contribution in [-0.4, -0.2) is 13.4 Å². The summed E-state index contributed by atoms with van der Waals surface area (Å²) in [6.07, 6.45) is -3.77. The summed E-state index contributed by atoms with van der Waals surface area (Å²) in [5.74, 6) is 0.658. The molecule has 2 N–H and O–H groups in total. The lowest BCUT2D eigenvalue weighted by Gasteiger charge is -2.13. The lowest BCUT2D eigenvalue weighted by molar-refractivity contribution is -0.137. The molecule has 1 heterocycles. The molecule has 0 atom stereocenters. The van der Waals surface area contributed by atoms with E-state index in [9.17, 15) is 18.0 Å². The number of aldehydes is 1. The van der Waals surface area contributed by atoms with E-state index in [0.717, 1.165) is 24.0 Å². The summed E-state index contributed by atoms with van der Waals surface area (Å²) >= 11 is 1.27. The Kier molecular flexibility index (Phi) is 5.76. The highest BCUT2D eigenvalue weighted by atomic mass is 32.1. The monoisotopic (exact) mass is 453 g/mol. The molecule has 0 fully saturated rings. The largest absolute Gasteiger partial charge is 0.497 e. The van der Waals surface area contributed by atoms with Gasteiger partial charge in [-0.1, -0.05) is 36.4 Å². The number of ether oxygens (including phenoxy) is 1. The molecule has 3 nitrogen and oxygen atoms in total. The number of carbonyl (C=O) groups is 1. The van der Waals surface area contributed by atoms with Gasteiger partial charge >= 0.3 is 6.18 Å². The Morgan fingerprint density at radius 3 is 2.28 bits per heavy atom. The fraction of sp³-hybridized carbons (Fsp3) is 0.0800. The molecule has 162 valence electrons. The van der Waals surface area contributed by atoms with Crippen molar-refractivity contribution in [1.82, 2.24) is 0 Å². The van der Waals surface area contributed by atoms with Gasteiger partial charge in [-0.2, -0.15) is 13.2 Å². The van der Waals surface area contributed by atoms with Crippen molar-refractivity contribution in [2.75, 3.05) is 12.8 Å².